The zero-order chi connectivity index (χ0) is 11.8. The van der Waals surface area contributed by atoms with Gasteiger partial charge in [-0.2, -0.15) is 5.26 Å². The Morgan fingerprint density at radius 2 is 1.53 bits per heavy atom. The molecule has 0 saturated carbocycles. The van der Waals surface area contributed by atoms with E-state index < -0.39 is 0 Å². The second kappa shape index (κ2) is 3.92. The minimum Gasteiger partial charge on any atom is -0.362 e. The van der Waals surface area contributed by atoms with Gasteiger partial charge in [-0.3, -0.25) is 0 Å². The summed E-state index contributed by atoms with van der Waals surface area (Å²) in [5.74, 6) is 0. The molecule has 2 heteroatoms. The summed E-state index contributed by atoms with van der Waals surface area (Å²) in [5, 5.41) is 12.7. The third-order valence-electron chi connectivity index (χ3n) is 4.00. The van der Waals surface area contributed by atoms with Crippen LogP contribution in [0, 0.1) is 11.3 Å². The molecule has 2 aliphatic rings. The van der Waals surface area contributed by atoms with Crippen molar-refractivity contribution in [3.63, 3.8) is 0 Å². The number of fused-ring (bicyclic) bond motifs is 2. The lowest BCUT2D eigenvalue weighted by atomic mass is 9.93. The van der Waals surface area contributed by atoms with Crippen LogP contribution in [-0.4, -0.2) is 0 Å². The molecule has 17 heavy (non-hydrogen) atoms. The van der Waals surface area contributed by atoms with E-state index in [-0.39, 0.29) is 0 Å². The molecule has 0 heterocycles. The largest absolute Gasteiger partial charge is 0.362 e. The summed E-state index contributed by atoms with van der Waals surface area (Å²) >= 11 is 0. The van der Waals surface area contributed by atoms with Gasteiger partial charge in [0, 0.05) is 5.69 Å². The van der Waals surface area contributed by atoms with Crippen molar-refractivity contribution in [3.8, 4) is 6.07 Å². The van der Waals surface area contributed by atoms with Crippen molar-refractivity contribution in [3.05, 3.63) is 40.6 Å². The fourth-order valence-corrected chi connectivity index (χ4v) is 3.37. The maximum Gasteiger partial charge on any atom is 0.0997 e. The number of hydrogen-bond acceptors (Lipinski definition) is 2. The predicted octanol–water partition coefficient (Wildman–Crippen LogP) is 3.09. The summed E-state index contributed by atoms with van der Waals surface area (Å²) in [7, 11) is 0. The van der Waals surface area contributed by atoms with Crippen molar-refractivity contribution in [1.29, 1.82) is 5.26 Å². The van der Waals surface area contributed by atoms with Crippen molar-refractivity contribution < 1.29 is 0 Å². The monoisotopic (exact) mass is 224 g/mol. The topological polar surface area (TPSA) is 35.8 Å². The summed E-state index contributed by atoms with van der Waals surface area (Å²) in [6.07, 6.45) is 8.46. The molecule has 2 aliphatic carbocycles. The summed E-state index contributed by atoms with van der Waals surface area (Å²) in [6.45, 7) is 3.77. The molecule has 0 aromatic heterocycles. The Balaban J connectivity index is 2.31. The molecule has 0 unspecified atom stereocenters. The van der Waals surface area contributed by atoms with Gasteiger partial charge in [-0.05, 0) is 67.0 Å². The number of benzene rings is 1. The van der Waals surface area contributed by atoms with Gasteiger partial charge >= 0.3 is 0 Å². The Morgan fingerprint density at radius 1 is 1.00 bits per heavy atom. The van der Waals surface area contributed by atoms with E-state index in [1.54, 1.807) is 6.20 Å². The van der Waals surface area contributed by atoms with E-state index >= 15 is 0 Å². The number of nitriles is 1. The van der Waals surface area contributed by atoms with Crippen LogP contribution in [0.15, 0.2) is 12.8 Å². The molecular weight excluding hydrogens is 208 g/mol. The third-order valence-corrected chi connectivity index (χ3v) is 4.00. The number of nitrogens with one attached hydrogen (secondary N) is 1. The highest BCUT2D eigenvalue weighted by molar-refractivity contribution is 5.71. The molecule has 86 valence electrons. The molecular formula is C15H16N2. The molecule has 3 rings (SSSR count). The number of anilines is 1. The molecule has 0 bridgehead atoms. The molecule has 0 saturated heterocycles. The first-order valence-electron chi connectivity index (χ1n) is 6.33. The highest BCUT2D eigenvalue weighted by atomic mass is 14.8. The number of nitrogens with zero attached hydrogens (tertiary/aromatic N) is 1. The maximum absolute atomic E-state index is 9.40. The van der Waals surface area contributed by atoms with Crippen LogP contribution in [0.5, 0.6) is 0 Å². The Kier molecular flexibility index (Phi) is 2.40. The first-order valence-corrected chi connectivity index (χ1v) is 6.33. The second-order valence-corrected chi connectivity index (χ2v) is 4.83. The van der Waals surface area contributed by atoms with Gasteiger partial charge in [0.2, 0.25) is 0 Å². The van der Waals surface area contributed by atoms with E-state index in [2.05, 4.69) is 18.0 Å². The van der Waals surface area contributed by atoms with Gasteiger partial charge < -0.3 is 5.32 Å². The van der Waals surface area contributed by atoms with Crippen LogP contribution >= 0.6 is 0 Å². The minimum absolute atomic E-state index is 0.986. The van der Waals surface area contributed by atoms with Gasteiger partial charge in [-0.15, -0.1) is 0 Å². The van der Waals surface area contributed by atoms with Crippen LogP contribution in [0.4, 0.5) is 5.69 Å². The molecule has 0 radical (unpaired) electrons. The smallest absolute Gasteiger partial charge is 0.0997 e. The van der Waals surface area contributed by atoms with Crippen molar-refractivity contribution in [1.82, 2.24) is 0 Å². The molecule has 0 fully saturated rings. The molecule has 0 amide bonds. The van der Waals surface area contributed by atoms with Gasteiger partial charge in [-0.1, -0.05) is 6.58 Å². The Bertz CT molecular complexity index is 500. The van der Waals surface area contributed by atoms with Crippen LogP contribution in [0.25, 0.3) is 0 Å². The Morgan fingerprint density at radius 3 is 2.00 bits per heavy atom. The summed E-state index contributed by atoms with van der Waals surface area (Å²) < 4.78 is 0. The normalized spacial score (nSPS) is 16.2. The standard InChI is InChI=1S/C15H16N2/c1-2-17-15-12-7-3-5-10(12)14(9-16)11-6-4-8-13(11)15/h2,17H,1,3-8H2. The third kappa shape index (κ3) is 1.39. The van der Waals surface area contributed by atoms with Crippen LogP contribution in [-0.2, 0) is 25.7 Å². The zero-order valence-electron chi connectivity index (χ0n) is 9.97. The molecule has 1 aromatic carbocycles. The lowest BCUT2D eigenvalue weighted by Crippen LogP contribution is -2.03. The van der Waals surface area contributed by atoms with E-state index in [0.717, 1.165) is 31.2 Å². The van der Waals surface area contributed by atoms with E-state index in [4.69, 9.17) is 0 Å². The zero-order valence-corrected chi connectivity index (χ0v) is 9.97. The fourth-order valence-electron chi connectivity index (χ4n) is 3.37. The van der Waals surface area contributed by atoms with Crippen molar-refractivity contribution in [2.24, 2.45) is 0 Å². The quantitative estimate of drug-likeness (QED) is 0.838. The predicted molar refractivity (Wildman–Crippen MR) is 69.0 cm³/mol. The SMILES string of the molecule is C=CNc1c2c(c(C#N)c3c1CCC3)CCC2. The van der Waals surface area contributed by atoms with Crippen molar-refractivity contribution in [2.45, 2.75) is 38.5 Å². The molecule has 1 N–H and O–H groups in total. The average molecular weight is 224 g/mol. The number of hydrogen-bond donors (Lipinski definition) is 1. The van der Waals surface area contributed by atoms with Gasteiger partial charge in [0.25, 0.3) is 0 Å². The van der Waals surface area contributed by atoms with Crippen LogP contribution < -0.4 is 5.32 Å². The summed E-state index contributed by atoms with van der Waals surface area (Å²) in [6, 6.07) is 2.44. The Labute approximate surface area is 102 Å². The van der Waals surface area contributed by atoms with Gasteiger partial charge in [0.15, 0.2) is 0 Å². The van der Waals surface area contributed by atoms with Crippen LogP contribution in [0.3, 0.4) is 0 Å². The molecule has 0 spiro atoms. The summed E-state index contributed by atoms with van der Waals surface area (Å²) in [5.41, 5.74) is 7.61. The van der Waals surface area contributed by atoms with Crippen LogP contribution in [0.1, 0.15) is 40.7 Å². The van der Waals surface area contributed by atoms with Gasteiger partial charge in [0.1, 0.15) is 0 Å². The lowest BCUT2D eigenvalue weighted by Gasteiger charge is -2.16. The van der Waals surface area contributed by atoms with Crippen LogP contribution in [0.2, 0.25) is 0 Å². The second-order valence-electron chi connectivity index (χ2n) is 4.83. The van der Waals surface area contributed by atoms with E-state index in [1.807, 2.05) is 0 Å². The molecule has 0 aliphatic heterocycles. The minimum atomic E-state index is 0.986. The first-order chi connectivity index (χ1) is 8.36. The number of rotatable bonds is 2. The van der Waals surface area contributed by atoms with E-state index in [1.165, 1.54) is 40.8 Å². The van der Waals surface area contributed by atoms with E-state index in [9.17, 15) is 5.26 Å². The average Bonchev–Trinajstić information content (AvgIpc) is 2.96. The molecule has 0 atom stereocenters. The Hall–Kier alpha value is -1.75. The molecule has 1 aromatic rings. The lowest BCUT2D eigenvalue weighted by molar-refractivity contribution is 0.896. The van der Waals surface area contributed by atoms with Gasteiger partial charge in [0.05, 0.1) is 11.6 Å². The fraction of sp³-hybridized carbons (Fsp3) is 0.400. The maximum atomic E-state index is 9.40. The highest BCUT2D eigenvalue weighted by Crippen LogP contribution is 2.41. The first kappa shape index (κ1) is 10.4. The molecule has 2 nitrogen and oxygen atoms in total. The summed E-state index contributed by atoms with van der Waals surface area (Å²) in [4.78, 5) is 0. The highest BCUT2D eigenvalue weighted by Gasteiger charge is 2.28. The van der Waals surface area contributed by atoms with Gasteiger partial charge in [-0.25, -0.2) is 0 Å². The van der Waals surface area contributed by atoms with Crippen molar-refractivity contribution in [2.75, 3.05) is 5.32 Å². The van der Waals surface area contributed by atoms with E-state index in [0.29, 0.717) is 0 Å². The van der Waals surface area contributed by atoms with Crippen molar-refractivity contribution >= 4 is 5.69 Å².